The minimum atomic E-state index is 0.291. The lowest BCUT2D eigenvalue weighted by atomic mass is 10.1. The van der Waals surface area contributed by atoms with E-state index in [4.69, 9.17) is 4.74 Å². The number of amides is 1. The maximum absolute atomic E-state index is 12.3. The van der Waals surface area contributed by atoms with Crippen molar-refractivity contribution in [2.75, 3.05) is 40.3 Å². The van der Waals surface area contributed by atoms with Crippen LogP contribution in [0.5, 0.6) is 5.75 Å². The van der Waals surface area contributed by atoms with Gasteiger partial charge in [0.15, 0.2) is 0 Å². The molecule has 1 aliphatic heterocycles. The van der Waals surface area contributed by atoms with Crippen molar-refractivity contribution in [1.29, 1.82) is 0 Å². The zero-order valence-corrected chi connectivity index (χ0v) is 14.6. The molecular formula is C19H30N2O2. The summed E-state index contributed by atoms with van der Waals surface area (Å²) < 4.78 is 5.17. The Morgan fingerprint density at radius 2 is 1.78 bits per heavy atom. The van der Waals surface area contributed by atoms with Crippen LogP contribution in [-0.4, -0.2) is 56.0 Å². The Hall–Kier alpha value is -1.55. The Morgan fingerprint density at radius 3 is 2.39 bits per heavy atom. The molecule has 0 aliphatic carbocycles. The van der Waals surface area contributed by atoms with Gasteiger partial charge in [-0.3, -0.25) is 9.69 Å². The maximum Gasteiger partial charge on any atom is 0.236 e. The molecule has 0 bridgehead atoms. The Kier molecular flexibility index (Phi) is 7.40. The van der Waals surface area contributed by atoms with Gasteiger partial charge in [-0.15, -0.1) is 0 Å². The molecule has 4 nitrogen and oxygen atoms in total. The number of benzene rings is 1. The van der Waals surface area contributed by atoms with Crippen LogP contribution in [0.1, 0.15) is 37.7 Å². The molecule has 0 saturated carbocycles. The molecule has 1 saturated heterocycles. The zero-order valence-electron chi connectivity index (χ0n) is 14.6. The summed E-state index contributed by atoms with van der Waals surface area (Å²) in [6, 6.07) is 8.23. The van der Waals surface area contributed by atoms with Crippen LogP contribution in [0.4, 0.5) is 0 Å². The van der Waals surface area contributed by atoms with Gasteiger partial charge in [-0.25, -0.2) is 0 Å². The van der Waals surface area contributed by atoms with Crippen LogP contribution >= 0.6 is 0 Å². The molecule has 0 N–H and O–H groups in total. The predicted molar refractivity (Wildman–Crippen MR) is 93.9 cm³/mol. The quantitative estimate of drug-likeness (QED) is 0.775. The number of hydrogen-bond acceptors (Lipinski definition) is 3. The second kappa shape index (κ2) is 9.56. The topological polar surface area (TPSA) is 32.8 Å². The Morgan fingerprint density at radius 1 is 1.13 bits per heavy atom. The van der Waals surface area contributed by atoms with Gasteiger partial charge in [-0.05, 0) is 57.0 Å². The molecule has 0 aromatic heterocycles. The van der Waals surface area contributed by atoms with Crippen molar-refractivity contribution in [3.8, 4) is 5.75 Å². The third-order valence-corrected chi connectivity index (χ3v) is 4.53. The van der Waals surface area contributed by atoms with Crippen molar-refractivity contribution in [2.45, 2.75) is 38.5 Å². The van der Waals surface area contributed by atoms with Crippen molar-refractivity contribution >= 4 is 5.91 Å². The summed E-state index contributed by atoms with van der Waals surface area (Å²) in [5, 5.41) is 0. The molecule has 4 heteroatoms. The third kappa shape index (κ3) is 6.22. The Labute approximate surface area is 140 Å². The third-order valence-electron chi connectivity index (χ3n) is 4.53. The lowest BCUT2D eigenvalue weighted by Gasteiger charge is -2.24. The van der Waals surface area contributed by atoms with Crippen LogP contribution in [0.25, 0.3) is 0 Å². The minimum absolute atomic E-state index is 0.291. The van der Waals surface area contributed by atoms with Gasteiger partial charge in [-0.1, -0.05) is 25.0 Å². The molecule has 128 valence electrons. The van der Waals surface area contributed by atoms with Gasteiger partial charge < -0.3 is 9.64 Å². The monoisotopic (exact) mass is 318 g/mol. The number of nitrogens with zero attached hydrogens (tertiary/aromatic N) is 2. The van der Waals surface area contributed by atoms with Crippen LogP contribution in [-0.2, 0) is 11.2 Å². The number of ether oxygens (including phenoxy) is 1. The average molecular weight is 318 g/mol. The fraction of sp³-hybridized carbons (Fsp3) is 0.632. The van der Waals surface area contributed by atoms with Crippen LogP contribution in [0.3, 0.4) is 0 Å². The molecule has 0 unspecified atom stereocenters. The van der Waals surface area contributed by atoms with E-state index >= 15 is 0 Å². The van der Waals surface area contributed by atoms with Gasteiger partial charge in [0, 0.05) is 13.1 Å². The predicted octanol–water partition coefficient (Wildman–Crippen LogP) is 2.96. The smallest absolute Gasteiger partial charge is 0.236 e. The first-order valence-corrected chi connectivity index (χ1v) is 8.78. The van der Waals surface area contributed by atoms with Crippen LogP contribution < -0.4 is 4.74 Å². The summed E-state index contributed by atoms with van der Waals surface area (Å²) in [5.41, 5.74) is 1.32. The summed E-state index contributed by atoms with van der Waals surface area (Å²) in [6.07, 6.45) is 6.95. The van der Waals surface area contributed by atoms with Gasteiger partial charge in [-0.2, -0.15) is 0 Å². The van der Waals surface area contributed by atoms with Gasteiger partial charge in [0.1, 0.15) is 5.75 Å². The first kappa shape index (κ1) is 17.8. The molecular weight excluding hydrogens is 288 g/mol. The van der Waals surface area contributed by atoms with E-state index in [1.54, 1.807) is 7.11 Å². The van der Waals surface area contributed by atoms with E-state index in [0.717, 1.165) is 51.1 Å². The average Bonchev–Trinajstić information content (AvgIpc) is 2.85. The molecule has 23 heavy (non-hydrogen) atoms. The number of aryl methyl sites for hydroxylation is 1. The van der Waals surface area contributed by atoms with Crippen LogP contribution in [0, 0.1) is 0 Å². The van der Waals surface area contributed by atoms with Crippen molar-refractivity contribution in [2.24, 2.45) is 0 Å². The molecule has 1 aliphatic rings. The molecule has 1 fully saturated rings. The summed E-state index contributed by atoms with van der Waals surface area (Å²) >= 11 is 0. The fourth-order valence-corrected chi connectivity index (χ4v) is 3.08. The van der Waals surface area contributed by atoms with Gasteiger partial charge in [0.2, 0.25) is 5.91 Å². The lowest BCUT2D eigenvalue weighted by molar-refractivity contribution is -0.132. The number of likely N-dealkylation sites (tertiary alicyclic amines) is 1. The van der Waals surface area contributed by atoms with Crippen LogP contribution in [0.2, 0.25) is 0 Å². The first-order chi connectivity index (χ1) is 11.2. The number of rotatable bonds is 7. The highest BCUT2D eigenvalue weighted by molar-refractivity contribution is 5.78. The minimum Gasteiger partial charge on any atom is -0.497 e. The zero-order chi connectivity index (χ0) is 16.5. The second-order valence-corrected chi connectivity index (χ2v) is 6.48. The van der Waals surface area contributed by atoms with Gasteiger partial charge >= 0.3 is 0 Å². The van der Waals surface area contributed by atoms with E-state index in [0.29, 0.717) is 12.5 Å². The molecule has 0 atom stereocenters. The SMILES string of the molecule is COc1ccc(CCCN(C)CC(=O)N2CCCCCC2)cc1. The van der Waals surface area contributed by atoms with E-state index in [1.807, 2.05) is 24.1 Å². The standard InChI is InChI=1S/C19H30N2O2/c1-20(16-19(22)21-14-5-3-4-6-15-21)13-7-8-17-9-11-18(23-2)12-10-17/h9-12H,3-8,13-16H2,1-2H3. The number of methoxy groups -OCH3 is 1. The molecule has 1 aromatic carbocycles. The molecule has 1 amide bonds. The number of hydrogen-bond donors (Lipinski definition) is 0. The molecule has 1 aromatic rings. The first-order valence-electron chi connectivity index (χ1n) is 8.78. The number of carbonyl (C=O) groups is 1. The highest BCUT2D eigenvalue weighted by Crippen LogP contribution is 2.13. The fourth-order valence-electron chi connectivity index (χ4n) is 3.08. The normalized spacial score (nSPS) is 15.5. The lowest BCUT2D eigenvalue weighted by Crippen LogP contribution is -2.39. The van der Waals surface area contributed by atoms with Crippen molar-refractivity contribution in [3.63, 3.8) is 0 Å². The largest absolute Gasteiger partial charge is 0.497 e. The molecule has 2 rings (SSSR count). The van der Waals surface area contributed by atoms with Crippen molar-refractivity contribution in [3.05, 3.63) is 29.8 Å². The summed E-state index contributed by atoms with van der Waals surface area (Å²) in [4.78, 5) is 16.5. The van der Waals surface area contributed by atoms with E-state index in [1.165, 1.54) is 18.4 Å². The van der Waals surface area contributed by atoms with Crippen molar-refractivity contribution < 1.29 is 9.53 Å². The summed E-state index contributed by atoms with van der Waals surface area (Å²) in [6.45, 7) is 3.38. The number of carbonyl (C=O) groups excluding carboxylic acids is 1. The van der Waals surface area contributed by atoms with Crippen LogP contribution in [0.15, 0.2) is 24.3 Å². The Balaban J connectivity index is 1.67. The highest BCUT2D eigenvalue weighted by atomic mass is 16.5. The molecule has 0 radical (unpaired) electrons. The Bertz CT molecular complexity index is 465. The van der Waals surface area contributed by atoms with E-state index in [-0.39, 0.29) is 0 Å². The van der Waals surface area contributed by atoms with E-state index < -0.39 is 0 Å². The highest BCUT2D eigenvalue weighted by Gasteiger charge is 2.16. The van der Waals surface area contributed by atoms with Gasteiger partial charge in [0.25, 0.3) is 0 Å². The number of likely N-dealkylation sites (N-methyl/N-ethyl adjacent to an activating group) is 1. The van der Waals surface area contributed by atoms with E-state index in [9.17, 15) is 4.79 Å². The summed E-state index contributed by atoms with van der Waals surface area (Å²) in [5.74, 6) is 1.19. The molecule has 1 heterocycles. The molecule has 0 spiro atoms. The van der Waals surface area contributed by atoms with Gasteiger partial charge in [0.05, 0.1) is 13.7 Å². The second-order valence-electron chi connectivity index (χ2n) is 6.48. The summed E-state index contributed by atoms with van der Waals surface area (Å²) in [7, 11) is 3.73. The van der Waals surface area contributed by atoms with Crippen molar-refractivity contribution in [1.82, 2.24) is 9.80 Å². The van der Waals surface area contributed by atoms with E-state index in [2.05, 4.69) is 17.0 Å². The maximum atomic E-state index is 12.3.